The molecule has 7 heteroatoms. The smallest absolute Gasteiger partial charge is 0.267 e. The zero-order valence-electron chi connectivity index (χ0n) is 12.0. The second-order valence-electron chi connectivity index (χ2n) is 4.94. The summed E-state index contributed by atoms with van der Waals surface area (Å²) in [5.74, 6) is -0.222. The molecule has 6 nitrogen and oxygen atoms in total. The maximum absolute atomic E-state index is 12.4. The van der Waals surface area contributed by atoms with Crippen molar-refractivity contribution in [1.82, 2.24) is 14.8 Å². The van der Waals surface area contributed by atoms with Crippen LogP contribution in [0.25, 0.3) is 10.2 Å². The molecule has 0 spiro atoms. The zero-order valence-corrected chi connectivity index (χ0v) is 12.8. The van der Waals surface area contributed by atoms with Crippen molar-refractivity contribution in [2.24, 2.45) is 7.05 Å². The minimum absolute atomic E-state index is 0.222. The molecule has 0 saturated heterocycles. The molecule has 0 aliphatic carbocycles. The first kappa shape index (κ1) is 13.6. The third-order valence-corrected chi connectivity index (χ3v) is 4.49. The number of hydrogen-bond acceptors (Lipinski definition) is 5. The molecular weight excluding hydrogens is 286 g/mol. The van der Waals surface area contributed by atoms with E-state index < -0.39 is 0 Å². The van der Waals surface area contributed by atoms with Gasteiger partial charge < -0.3 is 11.1 Å². The van der Waals surface area contributed by atoms with Crippen molar-refractivity contribution in [2.75, 3.05) is 11.1 Å². The number of aryl methyl sites for hydroxylation is 3. The Labute approximate surface area is 125 Å². The fourth-order valence-electron chi connectivity index (χ4n) is 2.31. The van der Waals surface area contributed by atoms with E-state index in [4.69, 9.17) is 5.73 Å². The van der Waals surface area contributed by atoms with Crippen molar-refractivity contribution in [2.45, 2.75) is 13.8 Å². The summed E-state index contributed by atoms with van der Waals surface area (Å²) >= 11 is 1.35. The summed E-state index contributed by atoms with van der Waals surface area (Å²) in [7, 11) is 1.84. The number of nitrogens with one attached hydrogen (secondary N) is 1. The summed E-state index contributed by atoms with van der Waals surface area (Å²) in [6.45, 7) is 3.81. The van der Waals surface area contributed by atoms with Crippen molar-refractivity contribution in [3.8, 4) is 0 Å². The van der Waals surface area contributed by atoms with Crippen molar-refractivity contribution in [3.05, 3.63) is 34.6 Å². The first-order valence-electron chi connectivity index (χ1n) is 6.42. The average Bonchev–Trinajstić information content (AvgIpc) is 2.89. The molecule has 0 aliphatic heterocycles. The van der Waals surface area contributed by atoms with E-state index in [9.17, 15) is 4.79 Å². The number of thiophene rings is 1. The topological polar surface area (TPSA) is 85.8 Å². The van der Waals surface area contributed by atoms with E-state index in [2.05, 4.69) is 15.4 Å². The Hall–Kier alpha value is -2.41. The first-order valence-corrected chi connectivity index (χ1v) is 7.23. The van der Waals surface area contributed by atoms with Crippen molar-refractivity contribution >= 4 is 38.8 Å². The molecule has 3 rings (SSSR count). The third-order valence-electron chi connectivity index (χ3n) is 3.22. The number of amides is 1. The van der Waals surface area contributed by atoms with Crippen LogP contribution in [0, 0.1) is 13.8 Å². The molecule has 108 valence electrons. The quantitative estimate of drug-likeness (QED) is 0.761. The van der Waals surface area contributed by atoms with Gasteiger partial charge >= 0.3 is 0 Å². The Morgan fingerprint density at radius 1 is 1.38 bits per heavy atom. The number of pyridine rings is 1. The van der Waals surface area contributed by atoms with Crippen LogP contribution in [0.2, 0.25) is 0 Å². The lowest BCUT2D eigenvalue weighted by molar-refractivity contribution is 0.103. The number of fused-ring (bicyclic) bond motifs is 1. The number of hydrogen-bond donors (Lipinski definition) is 2. The summed E-state index contributed by atoms with van der Waals surface area (Å²) in [6.07, 6.45) is 3.35. The monoisotopic (exact) mass is 301 g/mol. The molecule has 3 N–H and O–H groups in total. The molecule has 21 heavy (non-hydrogen) atoms. The van der Waals surface area contributed by atoms with Gasteiger partial charge in [0.2, 0.25) is 0 Å². The highest BCUT2D eigenvalue weighted by atomic mass is 32.1. The SMILES string of the molecule is Cc1cncc(NC(=O)c2sc3c(c(C)nn3C)c2N)c1. The fourth-order valence-corrected chi connectivity index (χ4v) is 3.39. The Morgan fingerprint density at radius 2 is 2.14 bits per heavy atom. The van der Waals surface area contributed by atoms with Gasteiger partial charge in [-0.2, -0.15) is 5.10 Å². The lowest BCUT2D eigenvalue weighted by atomic mass is 10.2. The number of nitrogen functional groups attached to an aromatic ring is 1. The molecule has 0 aromatic carbocycles. The molecule has 0 aliphatic rings. The lowest BCUT2D eigenvalue weighted by Gasteiger charge is -2.04. The molecule has 0 bridgehead atoms. The summed E-state index contributed by atoms with van der Waals surface area (Å²) in [6, 6.07) is 1.86. The summed E-state index contributed by atoms with van der Waals surface area (Å²) in [5.41, 5.74) is 9.08. The van der Waals surface area contributed by atoms with Gasteiger partial charge in [-0.1, -0.05) is 0 Å². The number of carbonyl (C=O) groups is 1. The van der Waals surface area contributed by atoms with Gasteiger partial charge in [0, 0.05) is 13.2 Å². The van der Waals surface area contributed by atoms with Gasteiger partial charge in [0.1, 0.15) is 9.71 Å². The van der Waals surface area contributed by atoms with Crippen LogP contribution in [0.5, 0.6) is 0 Å². The second-order valence-corrected chi connectivity index (χ2v) is 5.94. The standard InChI is InChI=1S/C14H15N5OS/c1-7-4-9(6-16-5-7)17-13(20)12-11(15)10-8(2)18-19(3)14(10)21-12/h4-6H,15H2,1-3H3,(H,17,20). The minimum atomic E-state index is -0.222. The van der Waals surface area contributed by atoms with Gasteiger partial charge in [-0.15, -0.1) is 11.3 Å². The van der Waals surface area contributed by atoms with Crippen LogP contribution in [-0.2, 0) is 7.05 Å². The Balaban J connectivity index is 1.98. The van der Waals surface area contributed by atoms with Crippen LogP contribution in [0.4, 0.5) is 11.4 Å². The van der Waals surface area contributed by atoms with E-state index >= 15 is 0 Å². The van der Waals surface area contributed by atoms with Gasteiger partial charge in [0.05, 0.1) is 28.7 Å². The number of nitrogens with two attached hydrogens (primary N) is 1. The lowest BCUT2D eigenvalue weighted by Crippen LogP contribution is -2.12. The van der Waals surface area contributed by atoms with E-state index in [1.54, 1.807) is 17.1 Å². The van der Waals surface area contributed by atoms with E-state index in [0.717, 1.165) is 21.5 Å². The molecule has 0 fully saturated rings. The Bertz CT molecular complexity index is 849. The first-order chi connectivity index (χ1) is 9.97. The Kier molecular flexibility index (Phi) is 3.13. The third kappa shape index (κ3) is 2.25. The van der Waals surface area contributed by atoms with Crippen LogP contribution in [0.15, 0.2) is 18.5 Å². The number of anilines is 2. The maximum atomic E-state index is 12.4. The predicted octanol–water partition coefficient (Wildman–Crippen LogP) is 2.48. The van der Waals surface area contributed by atoms with Gasteiger partial charge in [-0.05, 0) is 25.5 Å². The van der Waals surface area contributed by atoms with Crippen LogP contribution in [0.3, 0.4) is 0 Å². The summed E-state index contributed by atoms with van der Waals surface area (Å²) in [4.78, 5) is 17.9. The average molecular weight is 301 g/mol. The second kappa shape index (κ2) is 4.85. The van der Waals surface area contributed by atoms with Crippen molar-refractivity contribution < 1.29 is 4.79 Å². The largest absolute Gasteiger partial charge is 0.397 e. The van der Waals surface area contributed by atoms with Crippen LogP contribution < -0.4 is 11.1 Å². The minimum Gasteiger partial charge on any atom is -0.397 e. The Morgan fingerprint density at radius 3 is 2.81 bits per heavy atom. The van der Waals surface area contributed by atoms with E-state index in [-0.39, 0.29) is 5.91 Å². The molecule has 0 unspecified atom stereocenters. The van der Waals surface area contributed by atoms with Crippen LogP contribution in [0.1, 0.15) is 20.9 Å². The van der Waals surface area contributed by atoms with Gasteiger partial charge in [-0.25, -0.2) is 0 Å². The number of nitrogens with zero attached hydrogens (tertiary/aromatic N) is 3. The molecule has 0 atom stereocenters. The van der Waals surface area contributed by atoms with Crippen molar-refractivity contribution in [3.63, 3.8) is 0 Å². The van der Waals surface area contributed by atoms with Crippen LogP contribution >= 0.6 is 11.3 Å². The molecule has 3 aromatic rings. The normalized spacial score (nSPS) is 11.0. The van der Waals surface area contributed by atoms with E-state index in [1.807, 2.05) is 27.0 Å². The van der Waals surface area contributed by atoms with Gasteiger partial charge in [0.15, 0.2) is 0 Å². The molecule has 0 radical (unpaired) electrons. The number of rotatable bonds is 2. The summed E-state index contributed by atoms with van der Waals surface area (Å²) in [5, 5.41) is 8.00. The highest BCUT2D eigenvalue weighted by Gasteiger charge is 2.21. The highest BCUT2D eigenvalue weighted by molar-refractivity contribution is 7.21. The van der Waals surface area contributed by atoms with Crippen molar-refractivity contribution in [1.29, 1.82) is 0 Å². The molecule has 0 saturated carbocycles. The van der Waals surface area contributed by atoms with Crippen LogP contribution in [-0.4, -0.2) is 20.7 Å². The highest BCUT2D eigenvalue weighted by Crippen LogP contribution is 2.35. The predicted molar refractivity (Wildman–Crippen MR) is 84.7 cm³/mol. The molecule has 3 aromatic heterocycles. The number of aromatic nitrogens is 3. The van der Waals surface area contributed by atoms with Gasteiger partial charge in [-0.3, -0.25) is 14.5 Å². The van der Waals surface area contributed by atoms with Gasteiger partial charge in [0.25, 0.3) is 5.91 Å². The molecular formula is C14H15N5OS. The van der Waals surface area contributed by atoms with E-state index in [0.29, 0.717) is 16.3 Å². The molecule has 3 heterocycles. The number of carbonyl (C=O) groups excluding carboxylic acids is 1. The maximum Gasteiger partial charge on any atom is 0.267 e. The zero-order chi connectivity index (χ0) is 15.1. The fraction of sp³-hybridized carbons (Fsp3) is 0.214. The summed E-state index contributed by atoms with van der Waals surface area (Å²) < 4.78 is 1.75. The van der Waals surface area contributed by atoms with E-state index in [1.165, 1.54) is 11.3 Å². The molecule has 1 amide bonds.